The van der Waals surface area contributed by atoms with E-state index in [0.717, 1.165) is 25.3 Å². The first-order valence-electron chi connectivity index (χ1n) is 5.26. The molecule has 1 fully saturated rings. The Labute approximate surface area is 107 Å². The van der Waals surface area contributed by atoms with Gasteiger partial charge in [-0.2, -0.15) is 0 Å². The average Bonchev–Trinajstić information content (AvgIpc) is 2.71. The number of aliphatic hydroxyl groups is 1. The molecule has 1 aromatic rings. The second kappa shape index (κ2) is 4.70. The molecule has 0 amide bonds. The molecule has 0 spiro atoms. The summed E-state index contributed by atoms with van der Waals surface area (Å²) in [5, 5.41) is 9.52. The fraction of sp³-hybridized carbons (Fsp3) is 0.600. The zero-order valence-electron chi connectivity index (χ0n) is 8.98. The molecular weight excluding hydrogens is 321 g/mol. The van der Waals surface area contributed by atoms with E-state index in [4.69, 9.17) is 0 Å². The lowest BCUT2D eigenvalue weighted by molar-refractivity contribution is 0.136. The largest absolute Gasteiger partial charge is 0.393 e. The molecule has 0 aliphatic carbocycles. The molecule has 2 N–H and O–H groups in total. The van der Waals surface area contributed by atoms with Crippen LogP contribution in [-0.2, 0) is 0 Å². The van der Waals surface area contributed by atoms with E-state index in [0.29, 0.717) is 3.57 Å². The predicted molar refractivity (Wildman–Crippen MR) is 69.6 cm³/mol. The van der Waals surface area contributed by atoms with Gasteiger partial charge in [0.15, 0.2) is 0 Å². The molecule has 2 rings (SSSR count). The lowest BCUT2D eigenvalue weighted by atomic mass is 10.0. The van der Waals surface area contributed by atoms with Gasteiger partial charge >= 0.3 is 0 Å². The van der Waals surface area contributed by atoms with Crippen molar-refractivity contribution in [3.63, 3.8) is 0 Å². The summed E-state index contributed by atoms with van der Waals surface area (Å²) in [6, 6.07) is 0. The van der Waals surface area contributed by atoms with Crippen molar-refractivity contribution in [1.82, 2.24) is 9.97 Å². The number of H-pyrrole nitrogens is 1. The van der Waals surface area contributed by atoms with Gasteiger partial charge in [-0.25, -0.2) is 4.98 Å². The quantitative estimate of drug-likeness (QED) is 0.776. The van der Waals surface area contributed by atoms with E-state index in [2.05, 4.69) is 14.9 Å². The van der Waals surface area contributed by atoms with Crippen LogP contribution >= 0.6 is 22.6 Å². The summed E-state index contributed by atoms with van der Waals surface area (Å²) in [4.78, 5) is 20.2. The van der Waals surface area contributed by atoms with Crippen molar-refractivity contribution in [2.75, 3.05) is 18.0 Å². The maximum atomic E-state index is 11.4. The van der Waals surface area contributed by atoms with Gasteiger partial charge in [0, 0.05) is 19.0 Å². The van der Waals surface area contributed by atoms with E-state index in [9.17, 15) is 9.90 Å². The van der Waals surface area contributed by atoms with E-state index < -0.39 is 0 Å². The average molecular weight is 335 g/mol. The summed E-state index contributed by atoms with van der Waals surface area (Å²) in [5.74, 6) is 1.00. The molecule has 2 atom stereocenters. The van der Waals surface area contributed by atoms with Gasteiger partial charge in [0.1, 0.15) is 9.39 Å². The van der Waals surface area contributed by atoms with Gasteiger partial charge in [0.25, 0.3) is 5.56 Å². The number of hydrogen-bond donors (Lipinski definition) is 2. The van der Waals surface area contributed by atoms with E-state index in [-0.39, 0.29) is 17.6 Å². The molecule has 0 saturated carbocycles. The van der Waals surface area contributed by atoms with Gasteiger partial charge in [0.05, 0.1) is 12.4 Å². The van der Waals surface area contributed by atoms with E-state index >= 15 is 0 Å². The van der Waals surface area contributed by atoms with Crippen molar-refractivity contribution < 1.29 is 5.11 Å². The minimum absolute atomic E-state index is 0.105. The van der Waals surface area contributed by atoms with Crippen molar-refractivity contribution in [2.45, 2.75) is 19.4 Å². The van der Waals surface area contributed by atoms with Gasteiger partial charge in [-0.05, 0) is 35.9 Å². The summed E-state index contributed by atoms with van der Waals surface area (Å²) in [6.45, 7) is 3.43. The Hall–Kier alpha value is -0.630. The number of anilines is 1. The van der Waals surface area contributed by atoms with Crippen LogP contribution < -0.4 is 10.5 Å². The lowest BCUT2D eigenvalue weighted by Crippen LogP contribution is -2.27. The maximum Gasteiger partial charge on any atom is 0.266 e. The molecule has 1 aromatic heterocycles. The zero-order valence-corrected chi connectivity index (χ0v) is 11.1. The Balaban J connectivity index is 2.21. The van der Waals surface area contributed by atoms with Crippen LogP contribution in [0, 0.1) is 9.49 Å². The number of aliphatic hydroxyl groups excluding tert-OH is 1. The Morgan fingerprint density at radius 1 is 1.75 bits per heavy atom. The fourth-order valence-electron chi connectivity index (χ4n) is 1.97. The highest BCUT2D eigenvalue weighted by Gasteiger charge is 2.28. The fourth-order valence-corrected chi connectivity index (χ4v) is 2.60. The first-order valence-corrected chi connectivity index (χ1v) is 6.33. The second-order valence-corrected chi connectivity index (χ2v) is 5.18. The third-order valence-electron chi connectivity index (χ3n) is 2.98. The van der Waals surface area contributed by atoms with Crippen LogP contribution in [0.25, 0.3) is 0 Å². The third-order valence-corrected chi connectivity index (χ3v) is 3.96. The molecule has 1 saturated heterocycles. The van der Waals surface area contributed by atoms with Crippen molar-refractivity contribution in [2.24, 2.45) is 5.92 Å². The highest BCUT2D eigenvalue weighted by atomic mass is 127. The Bertz CT molecular complexity index is 432. The Morgan fingerprint density at radius 3 is 3.12 bits per heavy atom. The van der Waals surface area contributed by atoms with Crippen LogP contribution in [-0.4, -0.2) is 34.3 Å². The smallest absolute Gasteiger partial charge is 0.266 e. The summed E-state index contributed by atoms with van der Waals surface area (Å²) in [5.41, 5.74) is -0.105. The summed E-state index contributed by atoms with van der Waals surface area (Å²) in [6.07, 6.45) is 2.07. The zero-order chi connectivity index (χ0) is 11.7. The van der Waals surface area contributed by atoms with Crippen molar-refractivity contribution >= 4 is 28.4 Å². The minimum Gasteiger partial charge on any atom is -0.393 e. The van der Waals surface area contributed by atoms with E-state index in [1.165, 1.54) is 6.33 Å². The highest BCUT2D eigenvalue weighted by molar-refractivity contribution is 14.1. The van der Waals surface area contributed by atoms with Crippen LogP contribution in [0.2, 0.25) is 0 Å². The number of hydrogen-bond acceptors (Lipinski definition) is 4. The van der Waals surface area contributed by atoms with E-state index in [1.54, 1.807) is 0 Å². The summed E-state index contributed by atoms with van der Waals surface area (Å²) < 4.78 is 0.617. The maximum absolute atomic E-state index is 11.4. The van der Waals surface area contributed by atoms with Crippen LogP contribution in [0.1, 0.15) is 13.3 Å². The molecular formula is C10H14IN3O2. The molecule has 16 heavy (non-hydrogen) atoms. The highest BCUT2D eigenvalue weighted by Crippen LogP contribution is 2.25. The van der Waals surface area contributed by atoms with Gasteiger partial charge in [0.2, 0.25) is 0 Å². The number of nitrogens with one attached hydrogen (secondary N) is 1. The predicted octanol–water partition coefficient (Wildman–Crippen LogP) is 0.582. The molecule has 1 aliphatic heterocycles. The van der Waals surface area contributed by atoms with Gasteiger partial charge in [-0.15, -0.1) is 0 Å². The van der Waals surface area contributed by atoms with Gasteiger partial charge < -0.3 is 15.0 Å². The molecule has 2 heterocycles. The first kappa shape index (κ1) is 11.8. The first-order chi connectivity index (χ1) is 7.59. The standard InChI is InChI=1S/C10H14IN3O2/c1-6(15)7-2-3-14(4-7)9-8(11)10(16)13-5-12-9/h5-7,15H,2-4H2,1H3,(H,12,13,16). The van der Waals surface area contributed by atoms with Gasteiger partial charge in [-0.1, -0.05) is 0 Å². The molecule has 2 unspecified atom stereocenters. The third kappa shape index (κ3) is 2.22. The summed E-state index contributed by atoms with van der Waals surface area (Å²) in [7, 11) is 0. The Morgan fingerprint density at radius 2 is 2.50 bits per heavy atom. The van der Waals surface area contributed by atoms with E-state index in [1.807, 2.05) is 29.5 Å². The minimum atomic E-state index is -0.301. The molecule has 88 valence electrons. The van der Waals surface area contributed by atoms with Crippen LogP contribution in [0.4, 0.5) is 5.82 Å². The number of halogens is 1. The number of aromatic nitrogens is 2. The number of rotatable bonds is 2. The number of aromatic amines is 1. The molecule has 0 bridgehead atoms. The van der Waals surface area contributed by atoms with Crippen LogP contribution in [0.5, 0.6) is 0 Å². The van der Waals surface area contributed by atoms with Crippen LogP contribution in [0.3, 0.4) is 0 Å². The topological polar surface area (TPSA) is 69.2 Å². The molecule has 0 radical (unpaired) electrons. The molecule has 5 nitrogen and oxygen atoms in total. The summed E-state index contributed by atoms with van der Waals surface area (Å²) >= 11 is 2.01. The SMILES string of the molecule is CC(O)C1CCN(c2nc[nH]c(=O)c2I)C1. The number of nitrogens with zero attached hydrogens (tertiary/aromatic N) is 2. The molecule has 0 aromatic carbocycles. The monoisotopic (exact) mass is 335 g/mol. The van der Waals surface area contributed by atoms with Gasteiger partial charge in [-0.3, -0.25) is 4.79 Å². The molecule has 6 heteroatoms. The van der Waals surface area contributed by atoms with Crippen molar-refractivity contribution in [1.29, 1.82) is 0 Å². The van der Waals surface area contributed by atoms with Crippen molar-refractivity contribution in [3.05, 3.63) is 20.3 Å². The van der Waals surface area contributed by atoms with Crippen LogP contribution in [0.15, 0.2) is 11.1 Å². The Kier molecular flexibility index (Phi) is 3.48. The van der Waals surface area contributed by atoms with Crippen molar-refractivity contribution in [3.8, 4) is 0 Å². The molecule has 1 aliphatic rings. The normalized spacial score (nSPS) is 22.4. The lowest BCUT2D eigenvalue weighted by Gasteiger charge is -2.19. The second-order valence-electron chi connectivity index (χ2n) is 4.10.